The number of nitrogens with zero attached hydrogens (tertiary/aromatic N) is 4. The van der Waals surface area contributed by atoms with E-state index in [1.807, 2.05) is 6.07 Å². The number of fused-ring (bicyclic) bond motifs is 1. The van der Waals surface area contributed by atoms with Gasteiger partial charge in [-0.25, -0.2) is 23.4 Å². The lowest BCUT2D eigenvalue weighted by atomic mass is 9.98. The second-order valence-corrected chi connectivity index (χ2v) is 7.82. The number of hydrogen-bond acceptors (Lipinski definition) is 7. The van der Waals surface area contributed by atoms with Gasteiger partial charge in [0.25, 0.3) is 0 Å². The summed E-state index contributed by atoms with van der Waals surface area (Å²) in [5.41, 5.74) is 2.52. The first kappa shape index (κ1) is 18.4. The minimum atomic E-state index is -0.450. The molecule has 0 amide bonds. The quantitative estimate of drug-likeness (QED) is 0.473. The molecule has 2 N–H and O–H groups in total. The zero-order chi connectivity index (χ0) is 20.9. The number of hydrogen-bond donors (Lipinski definition) is 2. The zero-order valence-corrected chi connectivity index (χ0v) is 16.3. The minimum absolute atomic E-state index is 0.0557. The van der Waals surface area contributed by atoms with Crippen LogP contribution < -0.4 is 10.6 Å². The van der Waals surface area contributed by atoms with Crippen molar-refractivity contribution in [2.45, 2.75) is 32.1 Å². The summed E-state index contributed by atoms with van der Waals surface area (Å²) in [4.78, 5) is 8.60. The maximum absolute atomic E-state index is 14.8. The number of aryl methyl sites for hydroxylation is 1. The molecule has 9 heteroatoms. The van der Waals surface area contributed by atoms with Crippen molar-refractivity contribution in [3.63, 3.8) is 0 Å². The molecular formula is C21H18F2N6O. The molecule has 7 nitrogen and oxygen atoms in total. The van der Waals surface area contributed by atoms with Gasteiger partial charge in [-0.2, -0.15) is 0 Å². The Hall–Kier alpha value is -3.62. The van der Waals surface area contributed by atoms with E-state index in [0.717, 1.165) is 24.0 Å². The largest absolute Gasteiger partial charge is 0.335 e. The van der Waals surface area contributed by atoms with Gasteiger partial charge in [0.2, 0.25) is 11.3 Å². The molecule has 0 spiro atoms. The SMILES string of the molecule is Cc1ccc(Nc2nc3nonc3nc2Nc2ccc(C3(C)CC3)cc2F)c(F)c1. The Balaban J connectivity index is 1.52. The molecule has 1 fully saturated rings. The first-order valence-corrected chi connectivity index (χ1v) is 9.52. The van der Waals surface area contributed by atoms with Gasteiger partial charge in [0.15, 0.2) is 11.6 Å². The van der Waals surface area contributed by atoms with Gasteiger partial charge in [0.1, 0.15) is 11.6 Å². The van der Waals surface area contributed by atoms with Gasteiger partial charge in [0, 0.05) is 0 Å². The third-order valence-electron chi connectivity index (χ3n) is 5.41. The van der Waals surface area contributed by atoms with E-state index in [9.17, 15) is 8.78 Å². The van der Waals surface area contributed by atoms with Gasteiger partial charge in [-0.3, -0.25) is 0 Å². The van der Waals surface area contributed by atoms with Crippen LogP contribution in [0.25, 0.3) is 11.3 Å². The van der Waals surface area contributed by atoms with Crippen molar-refractivity contribution in [2.24, 2.45) is 0 Å². The fraction of sp³-hybridized carbons (Fsp3) is 0.238. The van der Waals surface area contributed by atoms with Crippen LogP contribution in [0.2, 0.25) is 0 Å². The fourth-order valence-electron chi connectivity index (χ4n) is 3.26. The summed E-state index contributed by atoms with van der Waals surface area (Å²) in [5, 5.41) is 13.2. The minimum Gasteiger partial charge on any atom is -0.335 e. The Bertz CT molecular complexity index is 1270. The van der Waals surface area contributed by atoms with Gasteiger partial charge in [0.05, 0.1) is 11.4 Å². The molecule has 0 aliphatic heterocycles. The number of aromatic nitrogens is 4. The Morgan fingerprint density at radius 3 is 1.97 bits per heavy atom. The van der Waals surface area contributed by atoms with E-state index < -0.39 is 11.6 Å². The normalized spacial score (nSPS) is 14.7. The third-order valence-corrected chi connectivity index (χ3v) is 5.41. The van der Waals surface area contributed by atoms with Crippen LogP contribution in [-0.2, 0) is 5.41 Å². The molecule has 30 heavy (non-hydrogen) atoms. The number of nitrogens with one attached hydrogen (secondary N) is 2. The molecule has 2 aromatic heterocycles. The van der Waals surface area contributed by atoms with Crippen LogP contribution in [0.5, 0.6) is 0 Å². The Kier molecular flexibility index (Phi) is 4.12. The Morgan fingerprint density at radius 1 is 0.867 bits per heavy atom. The Labute approximate surface area is 170 Å². The van der Waals surface area contributed by atoms with Crippen molar-refractivity contribution in [2.75, 3.05) is 10.6 Å². The lowest BCUT2D eigenvalue weighted by Gasteiger charge is -2.14. The highest BCUT2D eigenvalue weighted by atomic mass is 19.1. The number of anilines is 4. The molecule has 5 rings (SSSR count). The molecule has 2 heterocycles. The standard InChI is InChI=1S/C21H18F2N6O/c1-11-3-5-15(13(22)9-11)24-17-18(27-20-19(26-17)28-30-29-20)25-16-6-4-12(10-14(16)23)21(2)7-8-21/h3-6,9-10H,7-8H2,1-2H3,(H,24,26,28)(H,25,27,29). The highest BCUT2D eigenvalue weighted by Crippen LogP contribution is 2.48. The third kappa shape index (κ3) is 3.32. The predicted octanol–water partition coefficient (Wildman–Crippen LogP) is 5.14. The van der Waals surface area contributed by atoms with Crippen LogP contribution in [0.15, 0.2) is 41.0 Å². The average Bonchev–Trinajstić information content (AvgIpc) is 3.30. The molecule has 0 bridgehead atoms. The van der Waals surface area contributed by atoms with Crippen LogP contribution in [0.4, 0.5) is 31.8 Å². The van der Waals surface area contributed by atoms with Crippen molar-refractivity contribution in [3.05, 3.63) is 59.2 Å². The van der Waals surface area contributed by atoms with Crippen LogP contribution in [0, 0.1) is 18.6 Å². The molecule has 0 saturated heterocycles. The summed E-state index contributed by atoms with van der Waals surface area (Å²) in [7, 11) is 0. The zero-order valence-electron chi connectivity index (χ0n) is 16.3. The molecular weight excluding hydrogens is 390 g/mol. The van der Waals surface area contributed by atoms with E-state index in [2.05, 4.69) is 42.5 Å². The van der Waals surface area contributed by atoms with Gasteiger partial charge >= 0.3 is 0 Å². The van der Waals surface area contributed by atoms with Crippen molar-refractivity contribution in [1.29, 1.82) is 0 Å². The van der Waals surface area contributed by atoms with Crippen molar-refractivity contribution in [1.82, 2.24) is 20.3 Å². The highest BCUT2D eigenvalue weighted by Gasteiger charge is 2.39. The smallest absolute Gasteiger partial charge is 0.245 e. The van der Waals surface area contributed by atoms with Gasteiger partial charge in [-0.05, 0) is 70.9 Å². The van der Waals surface area contributed by atoms with Crippen LogP contribution in [0.3, 0.4) is 0 Å². The van der Waals surface area contributed by atoms with Crippen molar-refractivity contribution in [3.8, 4) is 0 Å². The molecule has 1 saturated carbocycles. The lowest BCUT2D eigenvalue weighted by Crippen LogP contribution is -2.06. The van der Waals surface area contributed by atoms with E-state index in [4.69, 9.17) is 0 Å². The van der Waals surface area contributed by atoms with Gasteiger partial charge < -0.3 is 10.6 Å². The van der Waals surface area contributed by atoms with E-state index in [1.54, 1.807) is 25.1 Å². The van der Waals surface area contributed by atoms with Crippen molar-refractivity contribution < 1.29 is 13.4 Å². The molecule has 0 unspecified atom stereocenters. The topological polar surface area (TPSA) is 88.8 Å². The first-order valence-electron chi connectivity index (χ1n) is 9.52. The summed E-state index contributed by atoms with van der Waals surface area (Å²) >= 11 is 0. The van der Waals surface area contributed by atoms with E-state index >= 15 is 0 Å². The lowest BCUT2D eigenvalue weighted by molar-refractivity contribution is 0.314. The summed E-state index contributed by atoms with van der Waals surface area (Å²) in [6, 6.07) is 9.85. The van der Waals surface area contributed by atoms with Gasteiger partial charge in [-0.1, -0.05) is 19.1 Å². The molecule has 0 atom stereocenters. The maximum atomic E-state index is 14.8. The molecule has 1 aliphatic carbocycles. The first-order chi connectivity index (χ1) is 14.4. The summed E-state index contributed by atoms with van der Waals surface area (Å²) in [6.45, 7) is 3.91. The predicted molar refractivity (Wildman–Crippen MR) is 108 cm³/mol. The van der Waals surface area contributed by atoms with E-state index in [0.29, 0.717) is 0 Å². The fourth-order valence-corrected chi connectivity index (χ4v) is 3.26. The number of halogens is 2. The molecule has 0 radical (unpaired) electrons. The molecule has 1 aliphatic rings. The van der Waals surface area contributed by atoms with Crippen LogP contribution in [0.1, 0.15) is 30.9 Å². The average molecular weight is 408 g/mol. The van der Waals surface area contributed by atoms with E-state index in [1.165, 1.54) is 12.1 Å². The van der Waals surface area contributed by atoms with E-state index in [-0.39, 0.29) is 39.7 Å². The second kappa shape index (κ2) is 6.72. The Morgan fingerprint density at radius 2 is 1.43 bits per heavy atom. The van der Waals surface area contributed by atoms with Crippen molar-refractivity contribution >= 4 is 34.3 Å². The number of rotatable bonds is 5. The molecule has 4 aromatic rings. The molecule has 152 valence electrons. The van der Waals surface area contributed by atoms with Crippen LogP contribution in [-0.4, -0.2) is 20.3 Å². The maximum Gasteiger partial charge on any atom is 0.245 e. The second-order valence-electron chi connectivity index (χ2n) is 7.82. The molecule has 2 aromatic carbocycles. The van der Waals surface area contributed by atoms with Gasteiger partial charge in [-0.15, -0.1) is 0 Å². The summed E-state index contributed by atoms with van der Waals surface area (Å²) < 4.78 is 33.8. The highest BCUT2D eigenvalue weighted by molar-refractivity contribution is 5.79. The summed E-state index contributed by atoms with van der Waals surface area (Å²) in [6.07, 6.45) is 2.10. The number of benzene rings is 2. The van der Waals surface area contributed by atoms with Crippen LogP contribution >= 0.6 is 0 Å². The monoisotopic (exact) mass is 408 g/mol. The summed E-state index contributed by atoms with van der Waals surface area (Å²) in [5.74, 6) is -0.524.